The van der Waals surface area contributed by atoms with Crippen LogP contribution in [-0.2, 0) is 25.3 Å². The van der Waals surface area contributed by atoms with Crippen molar-refractivity contribution >= 4 is 11.9 Å². The molecule has 0 fully saturated rings. The van der Waals surface area contributed by atoms with E-state index in [1.54, 1.807) is 26.5 Å². The highest BCUT2D eigenvalue weighted by molar-refractivity contribution is 5.97. The number of carbonyl (C=O) groups is 2. The number of carbonyl (C=O) groups excluding carboxylic acids is 1. The number of hydrogen-bond acceptors (Lipinski definition) is 4. The van der Waals surface area contributed by atoms with Crippen molar-refractivity contribution in [1.82, 2.24) is 24.9 Å². The Bertz CT molecular complexity index is 673. The Labute approximate surface area is 121 Å². The highest BCUT2D eigenvalue weighted by Crippen LogP contribution is 2.14. The zero-order chi connectivity index (χ0) is 15.6. The van der Waals surface area contributed by atoms with Crippen molar-refractivity contribution in [3.05, 3.63) is 35.4 Å². The molecule has 0 saturated carbocycles. The number of nitrogens with one attached hydrogen (secondary N) is 1. The standard InChI is InChI=1S/C13H17N5O3/c1-4-10-9(7-18(3)16-10)12(19)15-11(13(20)21)8-5-14-17(2)6-8/h5-7,11H,4H2,1-3H3,(H,15,19)(H,20,21). The number of carboxylic acid groups (broad SMARTS) is 1. The van der Waals surface area contributed by atoms with Gasteiger partial charge in [0.15, 0.2) is 6.04 Å². The van der Waals surface area contributed by atoms with Gasteiger partial charge in [0.05, 0.1) is 17.5 Å². The maximum atomic E-state index is 12.3. The lowest BCUT2D eigenvalue weighted by Gasteiger charge is -2.12. The molecule has 0 aliphatic carbocycles. The third kappa shape index (κ3) is 3.10. The Morgan fingerprint density at radius 1 is 1.33 bits per heavy atom. The topological polar surface area (TPSA) is 102 Å². The Morgan fingerprint density at radius 2 is 2.05 bits per heavy atom. The summed E-state index contributed by atoms with van der Waals surface area (Å²) in [7, 11) is 3.40. The average molecular weight is 291 g/mol. The Balaban J connectivity index is 2.24. The third-order valence-corrected chi connectivity index (χ3v) is 3.07. The summed E-state index contributed by atoms with van der Waals surface area (Å²) in [5.41, 5.74) is 1.43. The van der Waals surface area contributed by atoms with E-state index in [-0.39, 0.29) is 0 Å². The number of aliphatic carboxylic acids is 1. The van der Waals surface area contributed by atoms with Crippen LogP contribution in [0.15, 0.2) is 18.6 Å². The summed E-state index contributed by atoms with van der Waals surface area (Å²) in [6.45, 7) is 1.88. The van der Waals surface area contributed by atoms with E-state index in [2.05, 4.69) is 15.5 Å². The van der Waals surface area contributed by atoms with Gasteiger partial charge in [0.2, 0.25) is 0 Å². The molecule has 8 nitrogen and oxygen atoms in total. The van der Waals surface area contributed by atoms with Crippen molar-refractivity contribution in [2.45, 2.75) is 19.4 Å². The van der Waals surface area contributed by atoms with Gasteiger partial charge in [-0.15, -0.1) is 0 Å². The summed E-state index contributed by atoms with van der Waals surface area (Å²) in [4.78, 5) is 23.6. The van der Waals surface area contributed by atoms with E-state index < -0.39 is 17.9 Å². The first-order valence-corrected chi connectivity index (χ1v) is 6.47. The van der Waals surface area contributed by atoms with Crippen LogP contribution in [0.1, 0.15) is 34.6 Å². The number of carboxylic acids is 1. The predicted molar refractivity (Wildman–Crippen MR) is 73.6 cm³/mol. The normalized spacial score (nSPS) is 12.1. The van der Waals surface area contributed by atoms with Crippen LogP contribution in [0, 0.1) is 0 Å². The van der Waals surface area contributed by atoms with Gasteiger partial charge in [-0.25, -0.2) is 4.79 Å². The lowest BCUT2D eigenvalue weighted by Crippen LogP contribution is -2.33. The molecule has 112 valence electrons. The van der Waals surface area contributed by atoms with Gasteiger partial charge in [0.1, 0.15) is 0 Å². The van der Waals surface area contributed by atoms with Crippen molar-refractivity contribution < 1.29 is 14.7 Å². The van der Waals surface area contributed by atoms with Crippen LogP contribution in [-0.4, -0.2) is 36.5 Å². The molecule has 0 spiro atoms. The summed E-state index contributed by atoms with van der Waals surface area (Å²) < 4.78 is 3.02. The van der Waals surface area contributed by atoms with Crippen molar-refractivity contribution in [3.8, 4) is 0 Å². The van der Waals surface area contributed by atoms with E-state index in [0.717, 1.165) is 0 Å². The van der Waals surface area contributed by atoms with Gasteiger partial charge < -0.3 is 10.4 Å². The molecule has 0 bridgehead atoms. The Kier molecular flexibility index (Phi) is 4.06. The van der Waals surface area contributed by atoms with Gasteiger partial charge in [-0.2, -0.15) is 10.2 Å². The first-order valence-electron chi connectivity index (χ1n) is 6.47. The molecule has 1 atom stereocenters. The van der Waals surface area contributed by atoms with E-state index in [0.29, 0.717) is 23.2 Å². The zero-order valence-corrected chi connectivity index (χ0v) is 12.1. The molecule has 2 heterocycles. The maximum Gasteiger partial charge on any atom is 0.331 e. The quantitative estimate of drug-likeness (QED) is 0.823. The molecule has 8 heteroatoms. The fraction of sp³-hybridized carbons (Fsp3) is 0.385. The molecule has 1 unspecified atom stereocenters. The van der Waals surface area contributed by atoms with Gasteiger partial charge in [-0.3, -0.25) is 14.2 Å². The van der Waals surface area contributed by atoms with Crippen LogP contribution in [0.5, 0.6) is 0 Å². The van der Waals surface area contributed by atoms with Crippen molar-refractivity contribution in [2.75, 3.05) is 0 Å². The minimum Gasteiger partial charge on any atom is -0.479 e. The van der Waals surface area contributed by atoms with Crippen molar-refractivity contribution in [3.63, 3.8) is 0 Å². The molecule has 2 rings (SSSR count). The number of aromatic nitrogens is 4. The highest BCUT2D eigenvalue weighted by atomic mass is 16.4. The molecule has 1 amide bonds. The van der Waals surface area contributed by atoms with Gasteiger partial charge >= 0.3 is 5.97 Å². The lowest BCUT2D eigenvalue weighted by molar-refractivity contribution is -0.139. The van der Waals surface area contributed by atoms with Crippen LogP contribution < -0.4 is 5.32 Å². The smallest absolute Gasteiger partial charge is 0.331 e. The second kappa shape index (κ2) is 5.78. The molecular weight excluding hydrogens is 274 g/mol. The summed E-state index contributed by atoms with van der Waals surface area (Å²) in [5.74, 6) is -1.60. The summed E-state index contributed by atoms with van der Waals surface area (Å²) in [6.07, 6.45) is 5.15. The first-order chi connectivity index (χ1) is 9.92. The molecule has 2 N–H and O–H groups in total. The van der Waals surface area contributed by atoms with E-state index in [4.69, 9.17) is 0 Å². The molecule has 0 aliphatic rings. The minimum absolute atomic E-state index is 0.384. The minimum atomic E-state index is -1.14. The fourth-order valence-corrected chi connectivity index (χ4v) is 2.07. The monoisotopic (exact) mass is 291 g/mol. The van der Waals surface area contributed by atoms with Gasteiger partial charge in [-0.05, 0) is 6.42 Å². The lowest BCUT2D eigenvalue weighted by atomic mass is 10.1. The van der Waals surface area contributed by atoms with Crippen LogP contribution in [0.3, 0.4) is 0 Å². The summed E-state index contributed by atoms with van der Waals surface area (Å²) in [5, 5.41) is 19.9. The highest BCUT2D eigenvalue weighted by Gasteiger charge is 2.25. The SMILES string of the molecule is CCc1nn(C)cc1C(=O)NC(C(=O)O)c1cnn(C)c1. The number of hydrogen-bond donors (Lipinski definition) is 2. The molecule has 0 aromatic carbocycles. The number of amides is 1. The molecular formula is C13H17N5O3. The predicted octanol–water partition coefficient (Wildman–Crippen LogP) is 0.272. The van der Waals surface area contributed by atoms with Crippen molar-refractivity contribution in [1.29, 1.82) is 0 Å². The second-order valence-electron chi connectivity index (χ2n) is 4.71. The Hall–Kier alpha value is -2.64. The van der Waals surface area contributed by atoms with Gasteiger partial charge in [0, 0.05) is 32.1 Å². The van der Waals surface area contributed by atoms with E-state index in [9.17, 15) is 14.7 Å². The first kappa shape index (κ1) is 14.8. The van der Waals surface area contributed by atoms with Gasteiger partial charge in [-0.1, -0.05) is 6.92 Å². The van der Waals surface area contributed by atoms with Gasteiger partial charge in [0.25, 0.3) is 5.91 Å². The molecule has 0 saturated heterocycles. The number of nitrogens with zero attached hydrogens (tertiary/aromatic N) is 4. The Morgan fingerprint density at radius 3 is 2.57 bits per heavy atom. The van der Waals surface area contributed by atoms with E-state index in [1.165, 1.54) is 15.6 Å². The number of aryl methyl sites for hydroxylation is 3. The van der Waals surface area contributed by atoms with E-state index in [1.807, 2.05) is 6.92 Å². The van der Waals surface area contributed by atoms with E-state index >= 15 is 0 Å². The van der Waals surface area contributed by atoms with Crippen LogP contribution in [0.25, 0.3) is 0 Å². The third-order valence-electron chi connectivity index (χ3n) is 3.07. The maximum absolute atomic E-state index is 12.3. The number of rotatable bonds is 5. The van der Waals surface area contributed by atoms with Crippen LogP contribution in [0.2, 0.25) is 0 Å². The average Bonchev–Trinajstić information content (AvgIpc) is 3.01. The van der Waals surface area contributed by atoms with Crippen LogP contribution in [0.4, 0.5) is 0 Å². The zero-order valence-electron chi connectivity index (χ0n) is 12.1. The van der Waals surface area contributed by atoms with Crippen LogP contribution >= 0.6 is 0 Å². The molecule has 2 aromatic heterocycles. The molecule has 2 aromatic rings. The molecule has 21 heavy (non-hydrogen) atoms. The largest absolute Gasteiger partial charge is 0.479 e. The fourth-order valence-electron chi connectivity index (χ4n) is 2.07. The molecule has 0 aliphatic heterocycles. The second-order valence-corrected chi connectivity index (χ2v) is 4.71. The van der Waals surface area contributed by atoms with Crippen molar-refractivity contribution in [2.24, 2.45) is 14.1 Å². The summed E-state index contributed by atoms with van der Waals surface area (Å²) >= 11 is 0. The summed E-state index contributed by atoms with van der Waals surface area (Å²) in [6, 6.07) is -1.14. The molecule has 0 radical (unpaired) electrons.